The van der Waals surface area contributed by atoms with E-state index >= 15 is 0 Å². The predicted molar refractivity (Wildman–Crippen MR) is 86.3 cm³/mol. The highest BCUT2D eigenvalue weighted by atomic mass is 16.5. The molecule has 0 bridgehead atoms. The number of nitrogens with one attached hydrogen (secondary N) is 1. The van der Waals surface area contributed by atoms with Gasteiger partial charge >= 0.3 is 0 Å². The average molecular weight is 303 g/mol. The zero-order valence-electron chi connectivity index (χ0n) is 13.1. The Kier molecular flexibility index (Phi) is 4.12. The molecule has 0 atom stereocenters. The van der Waals surface area contributed by atoms with E-state index in [1.54, 1.807) is 6.33 Å². The minimum atomic E-state index is 0.634. The van der Waals surface area contributed by atoms with Crippen LogP contribution in [0, 0.1) is 0 Å². The first kappa shape index (κ1) is 14.2. The van der Waals surface area contributed by atoms with Crippen molar-refractivity contribution in [3.8, 4) is 0 Å². The summed E-state index contributed by atoms with van der Waals surface area (Å²) in [6, 6.07) is 3.45. The number of aromatic nitrogens is 2. The highest BCUT2D eigenvalue weighted by Gasteiger charge is 2.27. The molecule has 3 aliphatic rings. The molecule has 1 saturated carbocycles. The summed E-state index contributed by atoms with van der Waals surface area (Å²) in [5.41, 5.74) is 0. The molecule has 0 spiro atoms. The first-order valence-electron chi connectivity index (χ1n) is 8.54. The van der Waals surface area contributed by atoms with E-state index in [0.717, 1.165) is 51.0 Å². The summed E-state index contributed by atoms with van der Waals surface area (Å²) < 4.78 is 5.45. The molecule has 6 nitrogen and oxygen atoms in total. The third kappa shape index (κ3) is 3.33. The summed E-state index contributed by atoms with van der Waals surface area (Å²) in [5.74, 6) is 2.04. The van der Waals surface area contributed by atoms with Crippen LogP contribution in [0.15, 0.2) is 12.4 Å². The van der Waals surface area contributed by atoms with Crippen molar-refractivity contribution >= 4 is 11.6 Å². The van der Waals surface area contributed by atoms with Crippen molar-refractivity contribution in [1.82, 2.24) is 14.9 Å². The van der Waals surface area contributed by atoms with E-state index in [-0.39, 0.29) is 0 Å². The zero-order valence-corrected chi connectivity index (χ0v) is 13.1. The maximum atomic E-state index is 5.45. The first-order chi connectivity index (χ1) is 10.9. The number of piperidine rings is 1. The van der Waals surface area contributed by atoms with Gasteiger partial charge in [0.15, 0.2) is 0 Å². The van der Waals surface area contributed by atoms with Gasteiger partial charge in [-0.3, -0.25) is 4.90 Å². The normalized spacial score (nSPS) is 24.5. The third-order valence-electron chi connectivity index (χ3n) is 4.93. The smallest absolute Gasteiger partial charge is 0.134 e. The van der Waals surface area contributed by atoms with Crippen molar-refractivity contribution in [2.45, 2.75) is 37.8 Å². The lowest BCUT2D eigenvalue weighted by molar-refractivity contribution is 0.0115. The van der Waals surface area contributed by atoms with Gasteiger partial charge in [0, 0.05) is 44.3 Å². The molecule has 6 heteroatoms. The van der Waals surface area contributed by atoms with E-state index in [2.05, 4.69) is 31.2 Å². The van der Waals surface area contributed by atoms with E-state index in [1.165, 1.54) is 25.7 Å². The molecule has 120 valence electrons. The third-order valence-corrected chi connectivity index (χ3v) is 4.93. The van der Waals surface area contributed by atoms with Gasteiger partial charge in [-0.1, -0.05) is 0 Å². The number of nitrogens with zero attached hydrogens (tertiary/aromatic N) is 4. The Hall–Kier alpha value is -1.40. The highest BCUT2D eigenvalue weighted by Crippen LogP contribution is 2.26. The fraction of sp³-hybridized carbons (Fsp3) is 0.750. The molecule has 0 aromatic carbocycles. The largest absolute Gasteiger partial charge is 0.379 e. The molecular weight excluding hydrogens is 278 g/mol. The fourth-order valence-electron chi connectivity index (χ4n) is 3.44. The molecule has 1 N–H and O–H groups in total. The Morgan fingerprint density at radius 3 is 2.50 bits per heavy atom. The quantitative estimate of drug-likeness (QED) is 0.906. The van der Waals surface area contributed by atoms with E-state index in [4.69, 9.17) is 4.74 Å². The Morgan fingerprint density at radius 2 is 1.77 bits per heavy atom. The van der Waals surface area contributed by atoms with Gasteiger partial charge < -0.3 is 15.0 Å². The number of ether oxygens (including phenoxy) is 1. The molecule has 0 radical (unpaired) electrons. The Morgan fingerprint density at radius 1 is 1.00 bits per heavy atom. The summed E-state index contributed by atoms with van der Waals surface area (Å²) in [4.78, 5) is 13.8. The van der Waals surface area contributed by atoms with Crippen LogP contribution in [0.2, 0.25) is 0 Å². The van der Waals surface area contributed by atoms with Crippen molar-refractivity contribution in [2.75, 3.05) is 49.6 Å². The number of morpholine rings is 1. The maximum Gasteiger partial charge on any atom is 0.134 e. The number of anilines is 2. The second kappa shape index (κ2) is 6.38. The topological polar surface area (TPSA) is 53.5 Å². The summed E-state index contributed by atoms with van der Waals surface area (Å²) in [6.45, 7) is 6.13. The predicted octanol–water partition coefficient (Wildman–Crippen LogP) is 1.35. The molecule has 1 aliphatic carbocycles. The van der Waals surface area contributed by atoms with Crippen molar-refractivity contribution in [3.05, 3.63) is 12.4 Å². The second-order valence-corrected chi connectivity index (χ2v) is 6.55. The van der Waals surface area contributed by atoms with Gasteiger partial charge in [0.1, 0.15) is 18.0 Å². The van der Waals surface area contributed by atoms with Crippen molar-refractivity contribution in [2.24, 2.45) is 0 Å². The average Bonchev–Trinajstić information content (AvgIpc) is 3.40. The van der Waals surface area contributed by atoms with Gasteiger partial charge in [-0.05, 0) is 25.7 Å². The Balaban J connectivity index is 1.34. The summed E-state index contributed by atoms with van der Waals surface area (Å²) in [6.07, 6.45) is 6.66. The molecular formula is C16H25N5O. The van der Waals surface area contributed by atoms with Crippen LogP contribution >= 0.6 is 0 Å². The zero-order chi connectivity index (χ0) is 14.8. The number of hydrogen-bond donors (Lipinski definition) is 1. The molecule has 1 aromatic heterocycles. The molecule has 4 rings (SSSR count). The lowest BCUT2D eigenvalue weighted by Gasteiger charge is -2.40. The molecule has 0 amide bonds. The van der Waals surface area contributed by atoms with Crippen LogP contribution in [-0.2, 0) is 4.74 Å². The molecule has 3 fully saturated rings. The first-order valence-corrected chi connectivity index (χ1v) is 8.54. The van der Waals surface area contributed by atoms with Crippen LogP contribution < -0.4 is 10.2 Å². The maximum absolute atomic E-state index is 5.45. The second-order valence-electron chi connectivity index (χ2n) is 6.55. The molecule has 22 heavy (non-hydrogen) atoms. The highest BCUT2D eigenvalue weighted by molar-refractivity contribution is 5.49. The lowest BCUT2D eigenvalue weighted by Crippen LogP contribution is -2.49. The lowest BCUT2D eigenvalue weighted by atomic mass is 10.0. The van der Waals surface area contributed by atoms with Gasteiger partial charge in [0.25, 0.3) is 0 Å². The molecule has 1 aromatic rings. The van der Waals surface area contributed by atoms with Gasteiger partial charge in [0.2, 0.25) is 0 Å². The molecule has 3 heterocycles. The number of hydrogen-bond acceptors (Lipinski definition) is 6. The van der Waals surface area contributed by atoms with E-state index < -0.39 is 0 Å². The van der Waals surface area contributed by atoms with E-state index in [1.807, 2.05) is 0 Å². The van der Waals surface area contributed by atoms with Crippen LogP contribution in [0.25, 0.3) is 0 Å². The van der Waals surface area contributed by atoms with Gasteiger partial charge in [-0.2, -0.15) is 0 Å². The Labute approximate surface area is 131 Å². The van der Waals surface area contributed by atoms with Crippen LogP contribution in [0.5, 0.6) is 0 Å². The van der Waals surface area contributed by atoms with Gasteiger partial charge in [-0.25, -0.2) is 9.97 Å². The summed E-state index contributed by atoms with van der Waals surface area (Å²) in [5, 5.41) is 3.46. The van der Waals surface area contributed by atoms with Crippen molar-refractivity contribution in [1.29, 1.82) is 0 Å². The SMILES string of the molecule is c1nc(NC2CC2)cc(N2CCC(N3CCOCC3)CC2)n1. The van der Waals surface area contributed by atoms with Crippen LogP contribution in [0.1, 0.15) is 25.7 Å². The minimum Gasteiger partial charge on any atom is -0.379 e. The molecule has 0 unspecified atom stereocenters. The van der Waals surface area contributed by atoms with Crippen molar-refractivity contribution < 1.29 is 4.74 Å². The fourth-order valence-corrected chi connectivity index (χ4v) is 3.44. The summed E-state index contributed by atoms with van der Waals surface area (Å²) >= 11 is 0. The molecule has 2 saturated heterocycles. The molecule has 2 aliphatic heterocycles. The van der Waals surface area contributed by atoms with Gasteiger partial charge in [-0.15, -0.1) is 0 Å². The monoisotopic (exact) mass is 303 g/mol. The Bertz CT molecular complexity index is 493. The standard InChI is InChI=1S/C16H25N5O/c1-2-13(1)19-15-11-16(18-12-17-15)21-5-3-14(4-6-21)20-7-9-22-10-8-20/h11-14H,1-10H2,(H,17,18,19). The number of rotatable bonds is 4. The minimum absolute atomic E-state index is 0.634. The van der Waals surface area contributed by atoms with Gasteiger partial charge in [0.05, 0.1) is 13.2 Å². The summed E-state index contributed by atoms with van der Waals surface area (Å²) in [7, 11) is 0. The van der Waals surface area contributed by atoms with E-state index in [9.17, 15) is 0 Å². The van der Waals surface area contributed by atoms with Crippen LogP contribution in [-0.4, -0.2) is 66.3 Å². The van der Waals surface area contributed by atoms with E-state index in [0.29, 0.717) is 12.1 Å². The van der Waals surface area contributed by atoms with Crippen molar-refractivity contribution in [3.63, 3.8) is 0 Å². The van der Waals surface area contributed by atoms with Crippen LogP contribution in [0.3, 0.4) is 0 Å². The van der Waals surface area contributed by atoms with Crippen LogP contribution in [0.4, 0.5) is 11.6 Å².